The number of nitrogens with zero attached hydrogens (tertiary/aromatic N) is 6. The lowest BCUT2D eigenvalue weighted by Crippen LogP contribution is -2.20. The van der Waals surface area contributed by atoms with Crippen molar-refractivity contribution < 1.29 is 19.3 Å². The van der Waals surface area contributed by atoms with Gasteiger partial charge in [-0.15, -0.1) is 5.10 Å². The van der Waals surface area contributed by atoms with E-state index in [0.29, 0.717) is 9.13 Å². The van der Waals surface area contributed by atoms with Crippen molar-refractivity contribution in [2.45, 2.75) is 6.61 Å². The molecule has 0 bridgehead atoms. The quantitative estimate of drug-likeness (QED) is 0.210. The van der Waals surface area contributed by atoms with Crippen LogP contribution < -0.4 is 11.2 Å². The van der Waals surface area contributed by atoms with Crippen LogP contribution in [-0.2, 0) is 11.3 Å². The van der Waals surface area contributed by atoms with Gasteiger partial charge in [0.15, 0.2) is 5.69 Å². The van der Waals surface area contributed by atoms with Crippen molar-refractivity contribution in [1.29, 1.82) is 0 Å². The zero-order valence-electron chi connectivity index (χ0n) is 14.1. The maximum absolute atomic E-state index is 12.5. The van der Waals surface area contributed by atoms with Crippen LogP contribution in [0.2, 0.25) is 0 Å². The highest BCUT2D eigenvalue weighted by Gasteiger charge is 2.23. The van der Waals surface area contributed by atoms with Gasteiger partial charge in [-0.25, -0.2) is 10.1 Å². The topological polar surface area (TPSA) is 167 Å². The Morgan fingerprint density at radius 2 is 2.25 bits per heavy atom. The Morgan fingerprint density at radius 3 is 2.93 bits per heavy atom. The van der Waals surface area contributed by atoms with E-state index in [-0.39, 0.29) is 35.4 Å². The van der Waals surface area contributed by atoms with Crippen LogP contribution in [0.3, 0.4) is 0 Å². The Balaban J connectivity index is 1.83. The third-order valence-corrected chi connectivity index (χ3v) is 4.83. The smallest absolute Gasteiger partial charge is 0.293 e. The number of halogens is 2. The molecule has 12 nitrogen and oxygen atoms in total. The fraction of sp³-hybridized carbons (Fsp3) is 0.143. The van der Waals surface area contributed by atoms with Crippen LogP contribution in [0.15, 0.2) is 21.9 Å². The maximum Gasteiger partial charge on any atom is 0.293 e. The van der Waals surface area contributed by atoms with E-state index in [4.69, 9.17) is 10.5 Å². The fourth-order valence-electron chi connectivity index (χ4n) is 2.15. The summed E-state index contributed by atoms with van der Waals surface area (Å²) in [4.78, 5) is 12.5. The van der Waals surface area contributed by atoms with Crippen molar-refractivity contribution in [1.82, 2.24) is 30.7 Å². The van der Waals surface area contributed by atoms with E-state index in [2.05, 4.69) is 58.4 Å². The summed E-state index contributed by atoms with van der Waals surface area (Å²) in [6.07, 6.45) is 1.33. The third kappa shape index (κ3) is 4.22. The summed E-state index contributed by atoms with van der Waals surface area (Å²) in [7, 11) is 1.45. The molecule has 0 unspecified atom stereocenters. The second kappa shape index (κ2) is 8.78. The van der Waals surface area contributed by atoms with Gasteiger partial charge in [-0.1, -0.05) is 5.21 Å². The molecule has 28 heavy (non-hydrogen) atoms. The monoisotopic (exact) mass is 610 g/mol. The highest BCUT2D eigenvalue weighted by atomic mass is 127. The zero-order valence-corrected chi connectivity index (χ0v) is 18.4. The summed E-state index contributed by atoms with van der Waals surface area (Å²) in [6.45, 7) is 0.00162. The van der Waals surface area contributed by atoms with Crippen molar-refractivity contribution in [2.24, 2.45) is 5.10 Å². The van der Waals surface area contributed by atoms with E-state index in [1.807, 2.05) is 28.7 Å². The first-order valence-corrected chi connectivity index (χ1v) is 9.61. The van der Waals surface area contributed by atoms with Crippen LogP contribution in [0.1, 0.15) is 21.7 Å². The SMILES string of the molecule is COCc1c(C(=O)NN=Cc2cc(I)cc(I)c2O)nnn1-c1nonc1N. The molecule has 0 aliphatic rings. The Hall–Kier alpha value is -2.34. The molecule has 2 aromatic heterocycles. The number of hydrogen-bond acceptors (Lipinski definition) is 10. The number of rotatable bonds is 6. The minimum Gasteiger partial charge on any atom is -0.506 e. The van der Waals surface area contributed by atoms with Crippen LogP contribution in [0.4, 0.5) is 5.82 Å². The lowest BCUT2D eigenvalue weighted by atomic mass is 10.2. The molecule has 0 aliphatic carbocycles. The van der Waals surface area contributed by atoms with Crippen LogP contribution >= 0.6 is 45.2 Å². The lowest BCUT2D eigenvalue weighted by molar-refractivity contribution is 0.0944. The second-order valence-corrected chi connectivity index (χ2v) is 7.64. The zero-order chi connectivity index (χ0) is 20.3. The summed E-state index contributed by atoms with van der Waals surface area (Å²) >= 11 is 4.12. The summed E-state index contributed by atoms with van der Waals surface area (Å²) in [6, 6.07) is 3.53. The van der Waals surface area contributed by atoms with Gasteiger partial charge in [0.1, 0.15) is 11.4 Å². The molecule has 0 spiro atoms. The molecule has 0 saturated heterocycles. The summed E-state index contributed by atoms with van der Waals surface area (Å²) < 4.78 is 12.4. The van der Waals surface area contributed by atoms with E-state index in [1.54, 1.807) is 6.07 Å². The minimum atomic E-state index is -0.635. The molecule has 0 atom stereocenters. The molecular weight excluding hydrogens is 598 g/mol. The number of carbonyl (C=O) groups excluding carboxylic acids is 1. The second-order valence-electron chi connectivity index (χ2n) is 5.23. The molecule has 0 radical (unpaired) electrons. The third-order valence-electron chi connectivity index (χ3n) is 3.38. The first kappa shape index (κ1) is 20.4. The van der Waals surface area contributed by atoms with E-state index < -0.39 is 5.91 Å². The van der Waals surface area contributed by atoms with E-state index in [9.17, 15) is 9.90 Å². The molecule has 146 valence electrons. The largest absolute Gasteiger partial charge is 0.506 e. The maximum atomic E-state index is 12.5. The van der Waals surface area contributed by atoms with E-state index >= 15 is 0 Å². The van der Waals surface area contributed by atoms with Crippen molar-refractivity contribution in [2.75, 3.05) is 12.8 Å². The normalized spacial score (nSPS) is 11.2. The molecule has 0 fully saturated rings. The number of nitrogen functional groups attached to an aromatic ring is 1. The molecule has 14 heteroatoms. The molecule has 1 aromatic carbocycles. The number of phenolic OH excluding ortho intramolecular Hbond substituents is 1. The van der Waals surface area contributed by atoms with Crippen LogP contribution in [0.25, 0.3) is 5.82 Å². The summed E-state index contributed by atoms with van der Waals surface area (Å²) in [5.41, 5.74) is 8.70. The standard InChI is InChI=1S/C14H12I2N8O4/c1-27-5-9-10(19-23-24(9)13-12(17)21-28-22-13)14(26)20-18-4-6-2-7(15)3-8(16)11(6)25/h2-4,25H,5H2,1H3,(H2,17,21)(H,20,26). The Kier molecular flexibility index (Phi) is 6.39. The predicted octanol–water partition coefficient (Wildman–Crippen LogP) is 1.06. The summed E-state index contributed by atoms with van der Waals surface area (Å²) in [5.74, 6) is -0.500. The number of anilines is 1. The molecule has 4 N–H and O–H groups in total. The number of ether oxygens (including phenoxy) is 1. The average Bonchev–Trinajstić information content (AvgIpc) is 3.25. The van der Waals surface area contributed by atoms with Gasteiger partial charge in [0.2, 0.25) is 11.6 Å². The predicted molar refractivity (Wildman–Crippen MR) is 113 cm³/mol. The number of hydrazone groups is 1. The Bertz CT molecular complexity index is 1050. The Morgan fingerprint density at radius 1 is 1.46 bits per heavy atom. The molecule has 1 amide bonds. The van der Waals surface area contributed by atoms with Gasteiger partial charge in [0.25, 0.3) is 5.91 Å². The average molecular weight is 610 g/mol. The van der Waals surface area contributed by atoms with Crippen LogP contribution in [0.5, 0.6) is 5.75 Å². The Labute approximate surface area is 184 Å². The minimum absolute atomic E-state index is 0.00162. The molecule has 2 heterocycles. The number of phenols is 1. The number of benzene rings is 1. The molecule has 3 rings (SSSR count). The van der Waals surface area contributed by atoms with Gasteiger partial charge in [0.05, 0.1) is 16.4 Å². The highest BCUT2D eigenvalue weighted by Crippen LogP contribution is 2.25. The van der Waals surface area contributed by atoms with Gasteiger partial charge < -0.3 is 15.6 Å². The van der Waals surface area contributed by atoms with Gasteiger partial charge in [-0.05, 0) is 67.6 Å². The molecule has 3 aromatic rings. The van der Waals surface area contributed by atoms with Crippen molar-refractivity contribution in [3.63, 3.8) is 0 Å². The number of aromatic hydroxyl groups is 1. The molecule has 0 aliphatic heterocycles. The van der Waals surface area contributed by atoms with Gasteiger partial charge in [-0.3, -0.25) is 4.79 Å². The van der Waals surface area contributed by atoms with E-state index in [1.165, 1.54) is 18.0 Å². The number of aromatic nitrogens is 5. The lowest BCUT2D eigenvalue weighted by Gasteiger charge is -2.04. The number of nitrogens with one attached hydrogen (secondary N) is 1. The van der Waals surface area contributed by atoms with Crippen LogP contribution in [-0.4, -0.2) is 49.6 Å². The van der Waals surface area contributed by atoms with E-state index in [0.717, 1.165) is 3.57 Å². The van der Waals surface area contributed by atoms with Gasteiger partial charge >= 0.3 is 0 Å². The fourth-order valence-corrected chi connectivity index (χ4v) is 4.04. The number of carbonyl (C=O) groups is 1. The number of nitrogens with two attached hydrogens (primary N) is 1. The first-order valence-electron chi connectivity index (χ1n) is 7.45. The van der Waals surface area contributed by atoms with Crippen molar-refractivity contribution in [3.05, 3.63) is 36.2 Å². The molecular formula is C14H12I2N8O4. The number of amides is 1. The summed E-state index contributed by atoms with van der Waals surface area (Å²) in [5, 5.41) is 28.7. The van der Waals surface area contributed by atoms with Gasteiger partial charge in [-0.2, -0.15) is 9.78 Å². The number of methoxy groups -OCH3 is 1. The number of hydrogen-bond donors (Lipinski definition) is 3. The van der Waals surface area contributed by atoms with Crippen molar-refractivity contribution in [3.8, 4) is 11.6 Å². The van der Waals surface area contributed by atoms with Crippen molar-refractivity contribution >= 4 is 63.1 Å². The molecule has 0 saturated carbocycles. The van der Waals surface area contributed by atoms with Crippen LogP contribution in [0, 0.1) is 7.14 Å². The van der Waals surface area contributed by atoms with Gasteiger partial charge in [0, 0.05) is 16.2 Å². The first-order chi connectivity index (χ1) is 13.4. The highest BCUT2D eigenvalue weighted by molar-refractivity contribution is 14.1.